The third-order valence-electron chi connectivity index (χ3n) is 4.52. The van der Waals surface area contributed by atoms with Gasteiger partial charge in [-0.05, 0) is 22.8 Å². The highest BCUT2D eigenvalue weighted by Gasteiger charge is 2.26. The molecule has 0 radical (unpaired) electrons. The van der Waals surface area contributed by atoms with Gasteiger partial charge in [-0.3, -0.25) is 9.47 Å². The van der Waals surface area contributed by atoms with Gasteiger partial charge in [0.15, 0.2) is 11.4 Å². The number of hydrogen-bond donors (Lipinski definition) is 3. The Hall–Kier alpha value is -3.19. The number of thioether (sulfide) groups is 1. The summed E-state index contributed by atoms with van der Waals surface area (Å²) in [4.78, 5) is 24.4. The van der Waals surface area contributed by atoms with Crippen LogP contribution in [0.2, 0.25) is 0 Å². The molecule has 0 saturated heterocycles. The van der Waals surface area contributed by atoms with Crippen molar-refractivity contribution >= 4 is 17.7 Å². The minimum atomic E-state index is -1.39. The summed E-state index contributed by atoms with van der Waals surface area (Å²) in [5.74, 6) is -1.38. The second kappa shape index (κ2) is 6.85. The maximum Gasteiger partial charge on any atom is 0.358 e. The zero-order valence-corrected chi connectivity index (χ0v) is 14.9. The molecule has 6 nitrogen and oxygen atoms in total. The van der Waals surface area contributed by atoms with Crippen molar-refractivity contribution < 1.29 is 15.0 Å². The monoisotopic (exact) mass is 380 g/mol. The molecule has 4 rings (SSSR count). The van der Waals surface area contributed by atoms with Gasteiger partial charge in [0.25, 0.3) is 0 Å². The molecule has 1 unspecified atom stereocenters. The first kappa shape index (κ1) is 17.2. The number of carboxylic acids is 1. The van der Waals surface area contributed by atoms with Crippen LogP contribution in [0.5, 0.6) is 5.75 Å². The Morgan fingerprint density at radius 1 is 1.07 bits per heavy atom. The molecule has 0 aliphatic carbocycles. The standard InChI is InChI=1S/C20H16N2O4S/c23-15-9-10-22(18(19(15)24)20(25)26)21-17-13-6-2-1-5-12(13)11-27-16-8-4-3-7-14(16)17/h1-10,17,21,24H,11H2,(H,25,26). The number of aromatic nitrogens is 1. The van der Waals surface area contributed by atoms with Gasteiger partial charge in [-0.1, -0.05) is 42.5 Å². The summed E-state index contributed by atoms with van der Waals surface area (Å²) in [5.41, 5.74) is 5.11. The predicted molar refractivity (Wildman–Crippen MR) is 103 cm³/mol. The van der Waals surface area contributed by atoms with Crippen molar-refractivity contribution in [1.82, 2.24) is 4.68 Å². The molecular weight excluding hydrogens is 364 g/mol. The van der Waals surface area contributed by atoms with Crippen LogP contribution >= 0.6 is 11.8 Å². The van der Waals surface area contributed by atoms with Crippen molar-refractivity contribution in [3.8, 4) is 5.75 Å². The minimum absolute atomic E-state index is 0.340. The van der Waals surface area contributed by atoms with E-state index in [-0.39, 0.29) is 6.04 Å². The van der Waals surface area contributed by atoms with Gasteiger partial charge in [0.1, 0.15) is 0 Å². The number of aromatic carboxylic acids is 1. The molecule has 0 spiro atoms. The molecule has 0 fully saturated rings. The van der Waals surface area contributed by atoms with Crippen LogP contribution in [0.15, 0.2) is 70.5 Å². The number of nitrogens with zero attached hydrogens (tertiary/aromatic N) is 1. The number of carboxylic acid groups (broad SMARTS) is 1. The number of hydrogen-bond acceptors (Lipinski definition) is 5. The number of benzene rings is 2. The Morgan fingerprint density at radius 3 is 2.56 bits per heavy atom. The molecule has 3 N–H and O–H groups in total. The van der Waals surface area contributed by atoms with E-state index < -0.39 is 22.8 Å². The summed E-state index contributed by atoms with van der Waals surface area (Å²) in [6, 6.07) is 16.7. The fraction of sp³-hybridized carbons (Fsp3) is 0.100. The van der Waals surface area contributed by atoms with Crippen LogP contribution in [0.3, 0.4) is 0 Å². The highest BCUT2D eigenvalue weighted by molar-refractivity contribution is 7.98. The number of nitrogens with one attached hydrogen (secondary N) is 1. The average molecular weight is 380 g/mol. The van der Waals surface area contributed by atoms with Crippen LogP contribution in [0.4, 0.5) is 0 Å². The summed E-state index contributed by atoms with van der Waals surface area (Å²) in [6.07, 6.45) is 1.33. The molecule has 0 saturated carbocycles. The van der Waals surface area contributed by atoms with E-state index in [1.807, 2.05) is 48.5 Å². The molecule has 1 aromatic heterocycles. The smallest absolute Gasteiger partial charge is 0.358 e. The molecular formula is C20H16N2O4S. The Morgan fingerprint density at radius 2 is 1.78 bits per heavy atom. The molecule has 7 heteroatoms. The van der Waals surface area contributed by atoms with Gasteiger partial charge in [0, 0.05) is 22.9 Å². The van der Waals surface area contributed by atoms with Gasteiger partial charge in [0.05, 0.1) is 6.04 Å². The molecule has 1 aliphatic rings. The first-order chi connectivity index (χ1) is 13.1. The van der Waals surface area contributed by atoms with Gasteiger partial charge < -0.3 is 15.6 Å². The van der Waals surface area contributed by atoms with Gasteiger partial charge in [-0.2, -0.15) is 0 Å². The van der Waals surface area contributed by atoms with Crippen molar-refractivity contribution in [3.63, 3.8) is 0 Å². The van der Waals surface area contributed by atoms with E-state index in [1.165, 1.54) is 10.9 Å². The third kappa shape index (κ3) is 3.06. The largest absolute Gasteiger partial charge is 0.502 e. The lowest BCUT2D eigenvalue weighted by atomic mass is 9.95. The molecule has 136 valence electrons. The van der Waals surface area contributed by atoms with Crippen LogP contribution in [-0.4, -0.2) is 20.9 Å². The first-order valence-corrected chi connectivity index (χ1v) is 9.29. The number of carbonyl (C=O) groups is 1. The Balaban J connectivity index is 1.89. The quantitative estimate of drug-likeness (QED) is 0.646. The zero-order valence-electron chi connectivity index (χ0n) is 14.1. The third-order valence-corrected chi connectivity index (χ3v) is 5.66. The molecule has 1 aliphatic heterocycles. The van der Waals surface area contributed by atoms with Gasteiger partial charge in [0.2, 0.25) is 5.43 Å². The van der Waals surface area contributed by atoms with Gasteiger partial charge >= 0.3 is 5.97 Å². The molecule has 27 heavy (non-hydrogen) atoms. The van der Waals surface area contributed by atoms with Crippen LogP contribution < -0.4 is 10.9 Å². The summed E-state index contributed by atoms with van der Waals surface area (Å²) in [5, 5.41) is 19.4. The van der Waals surface area contributed by atoms with Crippen LogP contribution in [-0.2, 0) is 5.75 Å². The SMILES string of the molecule is O=C(O)c1c(O)c(=O)ccn1NC1c2ccccc2CSc2ccccc21. The lowest BCUT2D eigenvalue weighted by Gasteiger charge is -2.25. The summed E-state index contributed by atoms with van der Waals surface area (Å²) in [6.45, 7) is 0. The Bertz CT molecular complexity index is 1050. The molecule has 2 aromatic carbocycles. The maximum absolute atomic E-state index is 11.7. The second-order valence-corrected chi connectivity index (χ2v) is 7.16. The maximum atomic E-state index is 11.7. The van der Waals surface area contributed by atoms with E-state index in [0.717, 1.165) is 33.4 Å². The Labute approximate surface area is 159 Å². The summed E-state index contributed by atoms with van der Waals surface area (Å²) < 4.78 is 1.20. The normalized spacial score (nSPS) is 15.3. The fourth-order valence-electron chi connectivity index (χ4n) is 3.24. The minimum Gasteiger partial charge on any atom is -0.502 e. The fourth-order valence-corrected chi connectivity index (χ4v) is 4.34. The second-order valence-electron chi connectivity index (χ2n) is 6.14. The number of aromatic hydroxyl groups is 1. The molecule has 1 atom stereocenters. The molecule has 2 heterocycles. The predicted octanol–water partition coefficient (Wildman–Crippen LogP) is 3.19. The molecule has 0 bridgehead atoms. The number of rotatable bonds is 3. The van der Waals surface area contributed by atoms with Crippen LogP contribution in [0.1, 0.15) is 33.2 Å². The average Bonchev–Trinajstić information content (AvgIpc) is 2.82. The lowest BCUT2D eigenvalue weighted by molar-refractivity contribution is 0.0681. The van der Waals surface area contributed by atoms with E-state index >= 15 is 0 Å². The summed E-state index contributed by atoms with van der Waals surface area (Å²) >= 11 is 1.72. The Kier molecular flexibility index (Phi) is 4.37. The topological polar surface area (TPSA) is 91.6 Å². The van der Waals surface area contributed by atoms with Crippen LogP contribution in [0, 0.1) is 0 Å². The van der Waals surface area contributed by atoms with E-state index in [2.05, 4.69) is 5.43 Å². The number of pyridine rings is 1. The van der Waals surface area contributed by atoms with E-state index in [0.29, 0.717) is 0 Å². The number of fused-ring (bicyclic) bond motifs is 2. The van der Waals surface area contributed by atoms with Gasteiger partial charge in [-0.15, -0.1) is 11.8 Å². The van der Waals surface area contributed by atoms with E-state index in [4.69, 9.17) is 0 Å². The highest BCUT2D eigenvalue weighted by atomic mass is 32.2. The molecule has 3 aromatic rings. The van der Waals surface area contributed by atoms with Crippen molar-refractivity contribution in [3.05, 3.63) is 93.4 Å². The van der Waals surface area contributed by atoms with E-state index in [9.17, 15) is 19.8 Å². The highest BCUT2D eigenvalue weighted by Crippen LogP contribution is 2.39. The van der Waals surface area contributed by atoms with Crippen molar-refractivity contribution in [2.45, 2.75) is 16.7 Å². The van der Waals surface area contributed by atoms with Gasteiger partial charge in [-0.25, -0.2) is 4.79 Å². The summed E-state index contributed by atoms with van der Waals surface area (Å²) in [7, 11) is 0. The lowest BCUT2D eigenvalue weighted by Crippen LogP contribution is -2.28. The van der Waals surface area contributed by atoms with Crippen molar-refractivity contribution in [2.24, 2.45) is 0 Å². The van der Waals surface area contributed by atoms with Crippen molar-refractivity contribution in [2.75, 3.05) is 5.43 Å². The molecule has 0 amide bonds. The van der Waals surface area contributed by atoms with Crippen LogP contribution in [0.25, 0.3) is 0 Å². The first-order valence-electron chi connectivity index (χ1n) is 8.30. The zero-order chi connectivity index (χ0) is 19.0. The van der Waals surface area contributed by atoms with E-state index in [1.54, 1.807) is 11.8 Å². The van der Waals surface area contributed by atoms with Crippen molar-refractivity contribution in [1.29, 1.82) is 0 Å².